The fraction of sp³-hybridized carbons (Fsp3) is 0.226. The maximum Gasteiger partial charge on any atom is 0.193 e. The highest BCUT2D eigenvalue weighted by Crippen LogP contribution is 2.50. The fourth-order valence-electron chi connectivity index (χ4n) is 4.52. The van der Waals surface area contributed by atoms with Crippen LogP contribution in [0.15, 0.2) is 36.4 Å². The average molecular weight is 531 g/mol. The Bertz CT molecular complexity index is 1570. The summed E-state index contributed by atoms with van der Waals surface area (Å²) >= 11 is 0. The lowest BCUT2D eigenvalue weighted by Crippen LogP contribution is -2.28. The number of phenolic OH excluding ortho intramolecular Hbond substituents is 5. The topological polar surface area (TPSA) is 145 Å². The molecule has 0 saturated heterocycles. The van der Waals surface area contributed by atoms with Crippen molar-refractivity contribution >= 4 is 23.7 Å². The van der Waals surface area contributed by atoms with E-state index in [0.717, 1.165) is 18.1 Å². The van der Waals surface area contributed by atoms with Gasteiger partial charge in [-0.2, -0.15) is 0 Å². The van der Waals surface area contributed by atoms with Gasteiger partial charge in [0, 0.05) is 23.1 Å². The van der Waals surface area contributed by atoms with Crippen LogP contribution in [0.2, 0.25) is 0 Å². The van der Waals surface area contributed by atoms with Gasteiger partial charge in [0.15, 0.2) is 11.6 Å². The summed E-state index contributed by atoms with van der Waals surface area (Å²) in [5.41, 5.74) is 0.0366. The van der Waals surface area contributed by atoms with E-state index in [-0.39, 0.29) is 33.6 Å². The number of carbonyl (C=O) groups is 2. The zero-order chi connectivity index (χ0) is 28.8. The number of benzene rings is 3. The Morgan fingerprint density at radius 1 is 0.846 bits per heavy atom. The van der Waals surface area contributed by atoms with E-state index in [9.17, 15) is 35.1 Å². The van der Waals surface area contributed by atoms with Crippen LogP contribution in [-0.2, 0) is 6.42 Å². The summed E-state index contributed by atoms with van der Waals surface area (Å²) in [5, 5.41) is 54.3. The van der Waals surface area contributed by atoms with Crippen molar-refractivity contribution < 1.29 is 39.9 Å². The van der Waals surface area contributed by atoms with E-state index in [1.165, 1.54) is 13.0 Å². The molecule has 8 heteroatoms. The van der Waals surface area contributed by atoms with Crippen LogP contribution in [0.25, 0.3) is 12.2 Å². The number of fused-ring (bicyclic) bond motifs is 1. The smallest absolute Gasteiger partial charge is 0.193 e. The van der Waals surface area contributed by atoms with Gasteiger partial charge in [-0.05, 0) is 58.4 Å². The molecule has 5 N–H and O–H groups in total. The van der Waals surface area contributed by atoms with Crippen molar-refractivity contribution in [2.24, 2.45) is 0 Å². The van der Waals surface area contributed by atoms with Gasteiger partial charge in [-0.1, -0.05) is 35.9 Å². The number of aryl methyl sites for hydroxylation is 1. The second kappa shape index (κ2) is 9.87. The Labute approximate surface area is 225 Å². The van der Waals surface area contributed by atoms with Crippen LogP contribution in [-0.4, -0.2) is 42.7 Å². The third-order valence-corrected chi connectivity index (χ3v) is 6.76. The van der Waals surface area contributed by atoms with Gasteiger partial charge >= 0.3 is 0 Å². The van der Waals surface area contributed by atoms with Crippen molar-refractivity contribution in [1.82, 2.24) is 0 Å². The van der Waals surface area contributed by atoms with E-state index < -0.39 is 57.9 Å². The van der Waals surface area contributed by atoms with E-state index >= 15 is 0 Å². The molecule has 0 aliphatic carbocycles. The Balaban J connectivity index is 1.92. The summed E-state index contributed by atoms with van der Waals surface area (Å²) in [6.45, 7) is 7.95. The van der Waals surface area contributed by atoms with E-state index in [1.54, 1.807) is 32.1 Å². The van der Waals surface area contributed by atoms with Crippen molar-refractivity contribution in [2.75, 3.05) is 0 Å². The number of phenols is 5. The summed E-state index contributed by atoms with van der Waals surface area (Å²) in [7, 11) is 0. The second-order valence-corrected chi connectivity index (χ2v) is 10.2. The quantitative estimate of drug-likeness (QED) is 0.201. The lowest BCUT2D eigenvalue weighted by molar-refractivity contribution is 0.100. The lowest BCUT2D eigenvalue weighted by atomic mass is 9.89. The zero-order valence-corrected chi connectivity index (χ0v) is 22.3. The molecule has 3 aromatic carbocycles. The molecule has 3 aromatic rings. The van der Waals surface area contributed by atoms with Crippen LogP contribution in [0.1, 0.15) is 74.9 Å². The molecule has 0 spiro atoms. The number of carbonyl (C=O) groups excluding carboxylic acids is 2. The molecule has 8 nitrogen and oxygen atoms in total. The monoisotopic (exact) mass is 530 g/mol. The van der Waals surface area contributed by atoms with E-state index in [0.29, 0.717) is 0 Å². The number of hydrogen-bond donors (Lipinski definition) is 5. The van der Waals surface area contributed by atoms with Crippen molar-refractivity contribution in [3.8, 4) is 34.5 Å². The molecule has 1 aliphatic heterocycles. The lowest BCUT2D eigenvalue weighted by Gasteiger charge is -2.30. The average Bonchev–Trinajstić information content (AvgIpc) is 2.86. The van der Waals surface area contributed by atoms with Crippen molar-refractivity contribution in [1.29, 1.82) is 0 Å². The number of ketones is 2. The highest BCUT2D eigenvalue weighted by atomic mass is 16.5. The molecule has 1 heterocycles. The molecule has 4 rings (SSSR count). The normalized spacial score (nSPS) is 13.8. The van der Waals surface area contributed by atoms with Gasteiger partial charge in [0.2, 0.25) is 0 Å². The third kappa shape index (κ3) is 4.93. The molecule has 0 bridgehead atoms. The number of Topliss-reactive ketones (excluding diaryl/α,β-unsaturated/α-hetero) is 1. The molecule has 0 atom stereocenters. The molecular weight excluding hydrogens is 500 g/mol. The Hall–Kier alpha value is -4.72. The molecule has 0 saturated carbocycles. The minimum Gasteiger partial charge on any atom is -0.507 e. The zero-order valence-electron chi connectivity index (χ0n) is 22.3. The first kappa shape index (κ1) is 27.3. The molecular formula is C31H30O8. The maximum atomic E-state index is 13.5. The predicted octanol–water partition coefficient (Wildman–Crippen LogP) is 5.71. The van der Waals surface area contributed by atoms with Gasteiger partial charge in [-0.25, -0.2) is 0 Å². The van der Waals surface area contributed by atoms with Gasteiger partial charge in [-0.3, -0.25) is 9.59 Å². The standard InChI is InChI=1S/C31H30O8/c1-15-6-8-18(9-7-15)10-11-22(33)24-29(38)21(27(36)19-12-13-31(4,5)39-30(19)24)14-20-25(34)16(2)26(35)23(17(3)32)28(20)37/h6-13,34-38H,14H2,1-5H3/b11-10+. The van der Waals surface area contributed by atoms with Crippen molar-refractivity contribution in [3.63, 3.8) is 0 Å². The van der Waals surface area contributed by atoms with Gasteiger partial charge < -0.3 is 30.3 Å². The Morgan fingerprint density at radius 3 is 2.05 bits per heavy atom. The van der Waals surface area contributed by atoms with Crippen LogP contribution in [0, 0.1) is 13.8 Å². The summed E-state index contributed by atoms with van der Waals surface area (Å²) in [6, 6.07) is 7.47. The maximum absolute atomic E-state index is 13.5. The highest BCUT2D eigenvalue weighted by molar-refractivity contribution is 6.12. The summed E-state index contributed by atoms with van der Waals surface area (Å²) in [5.74, 6) is -4.09. The first-order valence-corrected chi connectivity index (χ1v) is 12.3. The summed E-state index contributed by atoms with van der Waals surface area (Å²) in [4.78, 5) is 25.6. The first-order valence-electron chi connectivity index (χ1n) is 12.3. The molecule has 0 unspecified atom stereocenters. The van der Waals surface area contributed by atoms with Crippen LogP contribution >= 0.6 is 0 Å². The summed E-state index contributed by atoms with van der Waals surface area (Å²) in [6.07, 6.45) is 5.65. The molecule has 202 valence electrons. The molecule has 0 amide bonds. The predicted molar refractivity (Wildman–Crippen MR) is 147 cm³/mol. The van der Waals surface area contributed by atoms with Gasteiger partial charge in [0.25, 0.3) is 0 Å². The minimum atomic E-state index is -0.843. The molecule has 39 heavy (non-hydrogen) atoms. The highest BCUT2D eigenvalue weighted by Gasteiger charge is 2.34. The van der Waals surface area contributed by atoms with Crippen LogP contribution in [0.5, 0.6) is 34.5 Å². The van der Waals surface area contributed by atoms with Crippen LogP contribution in [0.4, 0.5) is 0 Å². The van der Waals surface area contributed by atoms with Gasteiger partial charge in [0.1, 0.15) is 51.2 Å². The van der Waals surface area contributed by atoms with E-state index in [1.807, 2.05) is 31.2 Å². The van der Waals surface area contributed by atoms with Gasteiger partial charge in [-0.15, -0.1) is 0 Å². The van der Waals surface area contributed by atoms with Crippen molar-refractivity contribution in [3.05, 3.63) is 80.9 Å². The third-order valence-electron chi connectivity index (χ3n) is 6.76. The number of rotatable bonds is 6. The number of aromatic hydroxyl groups is 5. The van der Waals surface area contributed by atoms with Gasteiger partial charge in [0.05, 0.1) is 5.56 Å². The summed E-state index contributed by atoms with van der Waals surface area (Å²) < 4.78 is 6.00. The fourth-order valence-corrected chi connectivity index (χ4v) is 4.52. The second-order valence-electron chi connectivity index (χ2n) is 10.2. The molecule has 0 fully saturated rings. The van der Waals surface area contributed by atoms with E-state index in [2.05, 4.69) is 0 Å². The van der Waals surface area contributed by atoms with Crippen LogP contribution < -0.4 is 4.74 Å². The molecule has 1 aliphatic rings. The SMILES string of the molecule is CC(=O)c1c(O)c(C)c(O)c(Cc2c(O)c3c(c(C(=O)/C=C/c4ccc(C)cc4)c2O)OC(C)(C)C=C3)c1O. The largest absolute Gasteiger partial charge is 0.507 e. The van der Waals surface area contributed by atoms with Crippen molar-refractivity contribution in [2.45, 2.75) is 46.6 Å². The minimum absolute atomic E-state index is 0.0143. The number of allylic oxidation sites excluding steroid dienone is 1. The van der Waals surface area contributed by atoms with Crippen LogP contribution in [0.3, 0.4) is 0 Å². The Kier molecular flexibility index (Phi) is 6.91. The number of ether oxygens (including phenoxy) is 1. The Morgan fingerprint density at radius 2 is 1.44 bits per heavy atom. The molecule has 0 radical (unpaired) electrons. The first-order chi connectivity index (χ1) is 18.2. The van der Waals surface area contributed by atoms with E-state index in [4.69, 9.17) is 4.74 Å². The molecule has 0 aromatic heterocycles. The number of hydrogen-bond acceptors (Lipinski definition) is 8.